The molecule has 128 valence electrons. The van der Waals surface area contributed by atoms with Crippen LogP contribution in [-0.4, -0.2) is 32.1 Å². The lowest BCUT2D eigenvalue weighted by Gasteiger charge is -2.07. The third-order valence-corrected chi connectivity index (χ3v) is 3.85. The number of fused-ring (bicyclic) bond motifs is 1. The standard InChI is InChI=1S/C20H20N2O3/c1-24-17-9-6-15(7-10-17)8-11-19(23)25-13-12-21-20-18-5-3-2-4-16(18)14-22-20/h2-11H,12-14H2,1H3,(H,21,22)/b11-8+. The highest BCUT2D eigenvalue weighted by Crippen LogP contribution is 2.16. The van der Waals surface area contributed by atoms with E-state index >= 15 is 0 Å². The summed E-state index contributed by atoms with van der Waals surface area (Å²) in [6, 6.07) is 15.5. The zero-order valence-corrected chi connectivity index (χ0v) is 14.1. The van der Waals surface area contributed by atoms with Crippen LogP contribution in [0, 0.1) is 0 Å². The maximum absolute atomic E-state index is 11.7. The summed E-state index contributed by atoms with van der Waals surface area (Å²) in [6.45, 7) is 1.51. The van der Waals surface area contributed by atoms with Crippen molar-refractivity contribution in [2.24, 2.45) is 4.99 Å². The summed E-state index contributed by atoms with van der Waals surface area (Å²) in [7, 11) is 1.62. The molecule has 2 aromatic rings. The third kappa shape index (κ3) is 4.47. The molecule has 0 saturated carbocycles. The van der Waals surface area contributed by atoms with Crippen LogP contribution in [0.25, 0.3) is 6.08 Å². The number of hydrogen-bond donors (Lipinski definition) is 1. The molecule has 0 amide bonds. The van der Waals surface area contributed by atoms with E-state index in [0.717, 1.165) is 22.7 Å². The lowest BCUT2D eigenvalue weighted by Crippen LogP contribution is -2.27. The van der Waals surface area contributed by atoms with E-state index in [2.05, 4.69) is 16.4 Å². The highest BCUT2D eigenvalue weighted by atomic mass is 16.5. The van der Waals surface area contributed by atoms with Gasteiger partial charge in [0.25, 0.3) is 0 Å². The Morgan fingerprint density at radius 1 is 1.20 bits per heavy atom. The van der Waals surface area contributed by atoms with Gasteiger partial charge in [-0.3, -0.25) is 4.99 Å². The van der Waals surface area contributed by atoms with Crippen LogP contribution >= 0.6 is 0 Å². The molecule has 1 N–H and O–H groups in total. The van der Waals surface area contributed by atoms with E-state index in [1.54, 1.807) is 13.2 Å². The van der Waals surface area contributed by atoms with E-state index in [-0.39, 0.29) is 12.6 Å². The van der Waals surface area contributed by atoms with Crippen molar-refractivity contribution in [2.75, 3.05) is 20.3 Å². The van der Waals surface area contributed by atoms with Gasteiger partial charge in [0.1, 0.15) is 18.2 Å². The predicted molar refractivity (Wildman–Crippen MR) is 97.7 cm³/mol. The molecule has 1 aliphatic rings. The van der Waals surface area contributed by atoms with Gasteiger partial charge in [-0.1, -0.05) is 36.4 Å². The van der Waals surface area contributed by atoms with E-state index in [1.165, 1.54) is 11.6 Å². The van der Waals surface area contributed by atoms with Crippen LogP contribution in [0.15, 0.2) is 59.6 Å². The van der Waals surface area contributed by atoms with Crippen LogP contribution in [0.3, 0.4) is 0 Å². The maximum atomic E-state index is 11.7. The van der Waals surface area contributed by atoms with Crippen LogP contribution < -0.4 is 10.1 Å². The lowest BCUT2D eigenvalue weighted by molar-refractivity contribution is -0.137. The Morgan fingerprint density at radius 2 is 2.00 bits per heavy atom. The molecule has 1 heterocycles. The molecule has 5 nitrogen and oxygen atoms in total. The van der Waals surface area contributed by atoms with Crippen molar-refractivity contribution in [1.82, 2.24) is 5.32 Å². The van der Waals surface area contributed by atoms with Crippen LogP contribution in [0.5, 0.6) is 5.75 Å². The SMILES string of the molecule is COc1ccc(/C=C/C(=O)OCCNC2=NCc3ccccc32)cc1. The van der Waals surface area contributed by atoms with Crippen molar-refractivity contribution in [3.05, 3.63) is 71.3 Å². The molecule has 0 aliphatic carbocycles. The Hall–Kier alpha value is -3.08. The van der Waals surface area contributed by atoms with E-state index < -0.39 is 0 Å². The van der Waals surface area contributed by atoms with Gasteiger partial charge in [-0.15, -0.1) is 0 Å². The van der Waals surface area contributed by atoms with Gasteiger partial charge in [0.2, 0.25) is 0 Å². The first-order chi connectivity index (χ1) is 12.3. The van der Waals surface area contributed by atoms with Crippen molar-refractivity contribution < 1.29 is 14.3 Å². The first kappa shape index (κ1) is 16.8. The molecular formula is C20H20N2O3. The fraction of sp³-hybridized carbons (Fsp3) is 0.200. The summed E-state index contributed by atoms with van der Waals surface area (Å²) in [4.78, 5) is 16.2. The van der Waals surface area contributed by atoms with Gasteiger partial charge in [-0.2, -0.15) is 0 Å². The summed E-state index contributed by atoms with van der Waals surface area (Å²) >= 11 is 0. The Balaban J connectivity index is 1.40. The molecule has 0 atom stereocenters. The molecule has 2 aromatic carbocycles. The second kappa shape index (κ2) is 8.15. The number of carbonyl (C=O) groups is 1. The number of nitrogens with one attached hydrogen (secondary N) is 1. The molecule has 0 unspecified atom stereocenters. The zero-order chi connectivity index (χ0) is 17.5. The average molecular weight is 336 g/mol. The number of ether oxygens (including phenoxy) is 2. The van der Waals surface area contributed by atoms with Crippen LogP contribution in [0.2, 0.25) is 0 Å². The van der Waals surface area contributed by atoms with Crippen molar-refractivity contribution in [3.63, 3.8) is 0 Å². The highest BCUT2D eigenvalue weighted by Gasteiger charge is 2.13. The van der Waals surface area contributed by atoms with Crippen LogP contribution in [-0.2, 0) is 16.1 Å². The van der Waals surface area contributed by atoms with Gasteiger partial charge in [-0.25, -0.2) is 4.79 Å². The molecule has 0 radical (unpaired) electrons. The first-order valence-electron chi connectivity index (χ1n) is 8.12. The second-order valence-electron chi connectivity index (χ2n) is 5.52. The number of esters is 1. The first-order valence-corrected chi connectivity index (χ1v) is 8.12. The molecule has 1 aliphatic heterocycles. The van der Waals surface area contributed by atoms with Gasteiger partial charge in [0.15, 0.2) is 0 Å². The van der Waals surface area contributed by atoms with Gasteiger partial charge in [0, 0.05) is 11.6 Å². The monoisotopic (exact) mass is 336 g/mol. The molecule has 25 heavy (non-hydrogen) atoms. The second-order valence-corrected chi connectivity index (χ2v) is 5.52. The summed E-state index contributed by atoms with van der Waals surface area (Å²) in [5.74, 6) is 1.27. The number of hydrogen-bond acceptors (Lipinski definition) is 5. The number of aliphatic imine (C=N–C) groups is 1. The van der Waals surface area contributed by atoms with Crippen molar-refractivity contribution >= 4 is 17.9 Å². The topological polar surface area (TPSA) is 59.9 Å². The summed E-state index contributed by atoms with van der Waals surface area (Å²) in [6.07, 6.45) is 3.14. The van der Waals surface area contributed by atoms with Gasteiger partial charge in [-0.05, 0) is 29.3 Å². The van der Waals surface area contributed by atoms with E-state index in [4.69, 9.17) is 9.47 Å². The molecular weight excluding hydrogens is 316 g/mol. The largest absolute Gasteiger partial charge is 0.497 e. The number of amidine groups is 1. The van der Waals surface area contributed by atoms with E-state index in [0.29, 0.717) is 13.1 Å². The molecule has 3 rings (SSSR count). The summed E-state index contributed by atoms with van der Waals surface area (Å²) in [5, 5.41) is 3.21. The molecule has 0 fully saturated rings. The Kier molecular flexibility index (Phi) is 5.46. The normalized spacial score (nSPS) is 12.6. The Labute approximate surface area is 147 Å². The van der Waals surface area contributed by atoms with Crippen molar-refractivity contribution in [3.8, 4) is 5.75 Å². The fourth-order valence-corrected chi connectivity index (χ4v) is 2.54. The molecule has 0 spiro atoms. The molecule has 0 bridgehead atoms. The predicted octanol–water partition coefficient (Wildman–Crippen LogP) is 2.80. The number of rotatable bonds is 6. The zero-order valence-electron chi connectivity index (χ0n) is 14.1. The van der Waals surface area contributed by atoms with Gasteiger partial charge >= 0.3 is 5.97 Å². The lowest BCUT2D eigenvalue weighted by atomic mass is 10.1. The Morgan fingerprint density at radius 3 is 2.80 bits per heavy atom. The minimum absolute atomic E-state index is 0.285. The summed E-state index contributed by atoms with van der Waals surface area (Å²) in [5.41, 5.74) is 3.24. The third-order valence-electron chi connectivity index (χ3n) is 3.85. The quantitative estimate of drug-likeness (QED) is 0.501. The van der Waals surface area contributed by atoms with E-state index in [9.17, 15) is 4.79 Å². The average Bonchev–Trinajstić information content (AvgIpc) is 3.07. The minimum atomic E-state index is -0.369. The maximum Gasteiger partial charge on any atom is 0.330 e. The van der Waals surface area contributed by atoms with Crippen LogP contribution in [0.1, 0.15) is 16.7 Å². The van der Waals surface area contributed by atoms with E-state index in [1.807, 2.05) is 42.5 Å². The molecule has 5 heteroatoms. The number of methoxy groups -OCH3 is 1. The number of benzene rings is 2. The Bertz CT molecular complexity index is 795. The number of nitrogens with zero attached hydrogens (tertiary/aromatic N) is 1. The van der Waals surface area contributed by atoms with Gasteiger partial charge < -0.3 is 14.8 Å². The minimum Gasteiger partial charge on any atom is -0.497 e. The van der Waals surface area contributed by atoms with Gasteiger partial charge in [0.05, 0.1) is 20.2 Å². The number of carbonyl (C=O) groups excluding carboxylic acids is 1. The van der Waals surface area contributed by atoms with Crippen LogP contribution in [0.4, 0.5) is 0 Å². The summed E-state index contributed by atoms with van der Waals surface area (Å²) < 4.78 is 10.3. The molecule has 0 aromatic heterocycles. The fourth-order valence-electron chi connectivity index (χ4n) is 2.54. The highest BCUT2D eigenvalue weighted by molar-refractivity contribution is 6.01. The van der Waals surface area contributed by atoms with Crippen molar-refractivity contribution in [2.45, 2.75) is 6.54 Å². The van der Waals surface area contributed by atoms with Crippen molar-refractivity contribution in [1.29, 1.82) is 0 Å². The molecule has 0 saturated heterocycles. The smallest absolute Gasteiger partial charge is 0.330 e.